The number of thioether (sulfide) groups is 1. The Bertz CT molecular complexity index is 663. The topological polar surface area (TPSA) is 54.0 Å². The first-order valence-corrected chi connectivity index (χ1v) is 9.25. The van der Waals surface area contributed by atoms with Crippen LogP contribution >= 0.6 is 23.1 Å². The van der Waals surface area contributed by atoms with Gasteiger partial charge in [-0.15, -0.1) is 11.3 Å². The Kier molecular flexibility index (Phi) is 5.00. The lowest BCUT2D eigenvalue weighted by Crippen LogP contribution is -2.38. The van der Waals surface area contributed by atoms with Crippen molar-refractivity contribution in [3.05, 3.63) is 36.0 Å². The van der Waals surface area contributed by atoms with Gasteiger partial charge in [-0.25, -0.2) is 4.98 Å². The van der Waals surface area contributed by atoms with Gasteiger partial charge in [0.1, 0.15) is 0 Å². The van der Waals surface area contributed by atoms with Crippen LogP contribution in [0, 0.1) is 5.92 Å². The maximum absolute atomic E-state index is 11.9. The molecule has 0 aliphatic heterocycles. The zero-order chi connectivity index (χ0) is 15.4. The number of allylic oxidation sites excluding steroid dienone is 2. The molecule has 1 amide bonds. The van der Waals surface area contributed by atoms with Gasteiger partial charge >= 0.3 is 0 Å². The summed E-state index contributed by atoms with van der Waals surface area (Å²) in [4.78, 5) is 16.4. The lowest BCUT2D eigenvalue weighted by molar-refractivity contribution is -0.119. The number of hydrazine groups is 1. The number of aromatic nitrogens is 1. The minimum absolute atomic E-state index is 0.0246. The summed E-state index contributed by atoms with van der Waals surface area (Å²) in [5, 5.41) is 0. The van der Waals surface area contributed by atoms with Crippen LogP contribution in [0.2, 0.25) is 0 Å². The molecule has 1 atom stereocenters. The number of carbonyl (C=O) groups is 1. The van der Waals surface area contributed by atoms with Crippen LogP contribution in [-0.4, -0.2) is 16.6 Å². The lowest BCUT2D eigenvalue weighted by Gasteiger charge is -2.19. The van der Waals surface area contributed by atoms with Gasteiger partial charge < -0.3 is 5.43 Å². The summed E-state index contributed by atoms with van der Waals surface area (Å²) < 4.78 is 2.09. The van der Waals surface area contributed by atoms with Gasteiger partial charge in [0.2, 0.25) is 5.91 Å². The second-order valence-electron chi connectivity index (χ2n) is 5.47. The molecule has 0 fully saturated rings. The number of hydrogen-bond acceptors (Lipinski definition) is 5. The van der Waals surface area contributed by atoms with Crippen LogP contribution in [0.3, 0.4) is 0 Å². The van der Waals surface area contributed by atoms with Gasteiger partial charge in [-0.05, 0) is 37.3 Å². The van der Waals surface area contributed by atoms with Crippen molar-refractivity contribution in [3.63, 3.8) is 0 Å². The van der Waals surface area contributed by atoms with Gasteiger partial charge in [0.15, 0.2) is 4.34 Å². The molecule has 0 spiro atoms. The molecule has 1 aromatic heterocycles. The summed E-state index contributed by atoms with van der Waals surface area (Å²) in [7, 11) is 0. The Balaban J connectivity index is 1.48. The Morgan fingerprint density at radius 3 is 3.14 bits per heavy atom. The van der Waals surface area contributed by atoms with Crippen LogP contribution in [0.1, 0.15) is 26.2 Å². The molecule has 3 rings (SSSR count). The Morgan fingerprint density at radius 2 is 2.32 bits per heavy atom. The SMILES string of the molecule is C[C@H]1C=C(NNC(=O)CSc2nc3ccccc3s2)CCC1. The molecule has 2 aromatic rings. The van der Waals surface area contributed by atoms with E-state index in [1.54, 1.807) is 11.3 Å². The number of para-hydroxylation sites is 1. The molecule has 1 aromatic carbocycles. The summed E-state index contributed by atoms with van der Waals surface area (Å²) >= 11 is 3.10. The highest BCUT2D eigenvalue weighted by Gasteiger charge is 2.11. The minimum atomic E-state index is -0.0246. The number of nitrogens with one attached hydrogen (secondary N) is 2. The third-order valence-electron chi connectivity index (χ3n) is 3.55. The summed E-state index contributed by atoms with van der Waals surface area (Å²) in [6.45, 7) is 2.20. The van der Waals surface area contributed by atoms with E-state index in [2.05, 4.69) is 34.9 Å². The number of rotatable bonds is 5. The summed E-state index contributed by atoms with van der Waals surface area (Å²) in [5.41, 5.74) is 7.94. The summed E-state index contributed by atoms with van der Waals surface area (Å²) in [6.07, 6.45) is 5.61. The van der Waals surface area contributed by atoms with Crippen molar-refractivity contribution in [2.75, 3.05) is 5.75 Å². The first-order chi connectivity index (χ1) is 10.7. The highest BCUT2D eigenvalue weighted by molar-refractivity contribution is 8.01. The van der Waals surface area contributed by atoms with E-state index in [1.807, 2.05) is 18.2 Å². The second kappa shape index (κ2) is 7.15. The van der Waals surface area contributed by atoms with Crippen molar-refractivity contribution in [2.24, 2.45) is 5.92 Å². The van der Waals surface area contributed by atoms with Gasteiger partial charge in [0.25, 0.3) is 0 Å². The number of fused-ring (bicyclic) bond motifs is 1. The highest BCUT2D eigenvalue weighted by atomic mass is 32.2. The molecule has 0 bridgehead atoms. The maximum atomic E-state index is 11.9. The molecule has 4 nitrogen and oxygen atoms in total. The standard InChI is InChI=1S/C16H19N3OS2/c1-11-5-4-6-12(9-11)18-19-15(20)10-21-16-17-13-7-2-3-8-14(13)22-16/h2-3,7-9,11,18H,4-6,10H2,1H3,(H,19,20)/t11-/m1/s1. The number of carbonyl (C=O) groups excluding carboxylic acids is 1. The molecular weight excluding hydrogens is 314 g/mol. The smallest absolute Gasteiger partial charge is 0.248 e. The lowest BCUT2D eigenvalue weighted by atomic mass is 9.96. The monoisotopic (exact) mass is 333 g/mol. The predicted molar refractivity (Wildman–Crippen MR) is 92.7 cm³/mol. The highest BCUT2D eigenvalue weighted by Crippen LogP contribution is 2.29. The van der Waals surface area contributed by atoms with Crippen molar-refractivity contribution in [1.29, 1.82) is 0 Å². The van der Waals surface area contributed by atoms with E-state index >= 15 is 0 Å². The molecule has 1 aliphatic carbocycles. The van der Waals surface area contributed by atoms with Crippen molar-refractivity contribution in [2.45, 2.75) is 30.5 Å². The Morgan fingerprint density at radius 1 is 1.45 bits per heavy atom. The van der Waals surface area contributed by atoms with Crippen LogP contribution in [0.15, 0.2) is 40.4 Å². The fourth-order valence-electron chi connectivity index (χ4n) is 2.45. The van der Waals surface area contributed by atoms with Crippen molar-refractivity contribution < 1.29 is 4.79 Å². The number of nitrogens with zero attached hydrogens (tertiary/aromatic N) is 1. The minimum Gasteiger partial charge on any atom is -0.303 e. The molecular formula is C16H19N3OS2. The van der Waals surface area contributed by atoms with Gasteiger partial charge in [-0.3, -0.25) is 10.2 Å². The number of benzene rings is 1. The predicted octanol–water partition coefficient (Wildman–Crippen LogP) is 3.71. The number of thiazole rings is 1. The van der Waals surface area contributed by atoms with Gasteiger partial charge in [0.05, 0.1) is 16.0 Å². The fraction of sp³-hybridized carbons (Fsp3) is 0.375. The molecule has 1 heterocycles. The van der Waals surface area contributed by atoms with Crippen molar-refractivity contribution in [1.82, 2.24) is 15.8 Å². The zero-order valence-corrected chi connectivity index (χ0v) is 14.1. The molecule has 0 saturated heterocycles. The fourth-order valence-corrected chi connectivity index (χ4v) is 4.32. The van der Waals surface area contributed by atoms with Gasteiger partial charge in [-0.1, -0.05) is 36.9 Å². The Labute approximate surface area is 138 Å². The van der Waals surface area contributed by atoms with Crippen LogP contribution < -0.4 is 10.9 Å². The first-order valence-electron chi connectivity index (χ1n) is 7.44. The summed E-state index contributed by atoms with van der Waals surface area (Å²) in [6, 6.07) is 8.03. The normalized spacial score (nSPS) is 18.0. The molecule has 0 unspecified atom stereocenters. The van der Waals surface area contributed by atoms with Crippen molar-refractivity contribution in [3.8, 4) is 0 Å². The average molecular weight is 333 g/mol. The van der Waals surface area contributed by atoms with Crippen LogP contribution in [0.4, 0.5) is 0 Å². The van der Waals surface area contributed by atoms with E-state index in [-0.39, 0.29) is 5.91 Å². The molecule has 1 aliphatic rings. The Hall–Kier alpha value is -1.53. The third kappa shape index (κ3) is 4.01. The first kappa shape index (κ1) is 15.4. The zero-order valence-electron chi connectivity index (χ0n) is 12.5. The van der Waals surface area contributed by atoms with E-state index in [9.17, 15) is 4.79 Å². The maximum Gasteiger partial charge on any atom is 0.248 e. The van der Waals surface area contributed by atoms with Crippen LogP contribution in [0.5, 0.6) is 0 Å². The molecule has 22 heavy (non-hydrogen) atoms. The van der Waals surface area contributed by atoms with E-state index in [0.29, 0.717) is 11.7 Å². The molecule has 0 radical (unpaired) electrons. The van der Waals surface area contributed by atoms with E-state index in [4.69, 9.17) is 0 Å². The second-order valence-corrected chi connectivity index (χ2v) is 7.72. The molecule has 116 valence electrons. The summed E-state index contributed by atoms with van der Waals surface area (Å²) in [5.74, 6) is 0.934. The number of hydrogen-bond donors (Lipinski definition) is 2. The quantitative estimate of drug-likeness (QED) is 0.647. The van der Waals surface area contributed by atoms with Gasteiger partial charge in [-0.2, -0.15) is 0 Å². The average Bonchev–Trinajstić information content (AvgIpc) is 2.94. The molecule has 6 heteroatoms. The van der Waals surface area contributed by atoms with Crippen LogP contribution in [-0.2, 0) is 4.79 Å². The van der Waals surface area contributed by atoms with E-state index in [0.717, 1.165) is 26.7 Å². The van der Waals surface area contributed by atoms with E-state index in [1.165, 1.54) is 24.6 Å². The molecule has 2 N–H and O–H groups in total. The largest absolute Gasteiger partial charge is 0.303 e. The van der Waals surface area contributed by atoms with Gasteiger partial charge in [0, 0.05) is 5.70 Å². The third-order valence-corrected chi connectivity index (χ3v) is 5.73. The van der Waals surface area contributed by atoms with Crippen LogP contribution in [0.25, 0.3) is 10.2 Å². The van der Waals surface area contributed by atoms with Crippen molar-refractivity contribution >= 4 is 39.2 Å². The molecule has 0 saturated carbocycles. The van der Waals surface area contributed by atoms with E-state index < -0.39 is 0 Å². The number of amides is 1.